The number of anilines is 1. The molecule has 1 aromatic heterocycles. The van der Waals surface area contributed by atoms with E-state index in [2.05, 4.69) is 15.0 Å². The minimum absolute atomic E-state index is 0.00586. The molecule has 2 aromatic carbocycles. The first-order valence-corrected chi connectivity index (χ1v) is 10.6. The fraction of sp³-hybridized carbons (Fsp3) is 0.143. The molecule has 1 aliphatic rings. The number of benzene rings is 2. The zero-order valence-electron chi connectivity index (χ0n) is 15.4. The molecule has 4 rings (SSSR count). The van der Waals surface area contributed by atoms with Crippen molar-refractivity contribution in [3.05, 3.63) is 78.5 Å². The number of ether oxygens (including phenoxy) is 1. The Bertz CT molecular complexity index is 1130. The van der Waals surface area contributed by atoms with Gasteiger partial charge in [0.05, 0.1) is 4.90 Å². The summed E-state index contributed by atoms with van der Waals surface area (Å²) in [5, 5.41) is 2.71. The van der Waals surface area contributed by atoms with Crippen LogP contribution in [0.4, 0.5) is 5.69 Å². The molecule has 29 heavy (non-hydrogen) atoms. The molecule has 1 heterocycles. The first-order valence-electron chi connectivity index (χ1n) is 9.13. The number of hydrogen-bond donors (Lipinski definition) is 2. The summed E-state index contributed by atoms with van der Waals surface area (Å²) in [5.74, 6) is 0.267. The smallest absolute Gasteiger partial charge is 0.261 e. The van der Waals surface area contributed by atoms with Crippen molar-refractivity contribution < 1.29 is 17.9 Å². The van der Waals surface area contributed by atoms with E-state index in [9.17, 15) is 13.2 Å². The summed E-state index contributed by atoms with van der Waals surface area (Å²) in [4.78, 5) is 17.0. The van der Waals surface area contributed by atoms with E-state index in [0.717, 1.165) is 12.8 Å². The van der Waals surface area contributed by atoms with Gasteiger partial charge in [-0.3, -0.25) is 4.79 Å². The van der Waals surface area contributed by atoms with Crippen LogP contribution in [-0.2, 0) is 10.0 Å². The van der Waals surface area contributed by atoms with Gasteiger partial charge >= 0.3 is 0 Å². The standard InChI is InChI=1S/C21H19N3O4S/c25-20(19-10-5-13-22-21(19)28-17-7-2-1-3-8-17)23-16-6-4-9-18(14-16)29(26,27)24-15-11-12-15/h1-10,13-15,24H,11-12H2,(H,23,25). The summed E-state index contributed by atoms with van der Waals surface area (Å²) in [6.45, 7) is 0. The van der Waals surface area contributed by atoms with Crippen molar-refractivity contribution in [2.45, 2.75) is 23.8 Å². The Morgan fingerprint density at radius 3 is 2.55 bits per heavy atom. The third-order valence-electron chi connectivity index (χ3n) is 4.27. The SMILES string of the molecule is O=C(Nc1cccc(S(=O)(=O)NC2CC2)c1)c1cccnc1Oc1ccccc1. The molecule has 0 atom stereocenters. The number of nitrogens with one attached hydrogen (secondary N) is 2. The molecule has 0 spiro atoms. The lowest BCUT2D eigenvalue weighted by Gasteiger charge is -2.11. The molecule has 3 aromatic rings. The third-order valence-corrected chi connectivity index (χ3v) is 5.79. The molecule has 8 heteroatoms. The highest BCUT2D eigenvalue weighted by Crippen LogP contribution is 2.25. The summed E-state index contributed by atoms with van der Waals surface area (Å²) < 4.78 is 33.1. The molecular formula is C21H19N3O4S. The summed E-state index contributed by atoms with van der Waals surface area (Å²) in [6, 6.07) is 18.4. The van der Waals surface area contributed by atoms with Crippen LogP contribution in [-0.4, -0.2) is 25.4 Å². The third kappa shape index (κ3) is 4.79. The molecule has 1 saturated carbocycles. The predicted molar refractivity (Wildman–Crippen MR) is 108 cm³/mol. The summed E-state index contributed by atoms with van der Waals surface area (Å²) in [7, 11) is -3.61. The molecule has 2 N–H and O–H groups in total. The number of amides is 1. The number of para-hydroxylation sites is 1. The van der Waals surface area contributed by atoms with Gasteiger partial charge in [0.2, 0.25) is 15.9 Å². The van der Waals surface area contributed by atoms with Crippen LogP contribution in [0.5, 0.6) is 11.6 Å². The number of aromatic nitrogens is 1. The van der Waals surface area contributed by atoms with E-state index in [-0.39, 0.29) is 22.4 Å². The Morgan fingerprint density at radius 2 is 1.79 bits per heavy atom. The predicted octanol–water partition coefficient (Wildman–Crippen LogP) is 3.57. The lowest BCUT2D eigenvalue weighted by atomic mass is 10.2. The summed E-state index contributed by atoms with van der Waals surface area (Å²) in [5.41, 5.74) is 0.601. The topological polar surface area (TPSA) is 97.4 Å². The lowest BCUT2D eigenvalue weighted by molar-refractivity contribution is 0.102. The average molecular weight is 409 g/mol. The highest BCUT2D eigenvalue weighted by Gasteiger charge is 2.28. The number of sulfonamides is 1. The first kappa shape index (κ1) is 19.1. The zero-order valence-corrected chi connectivity index (χ0v) is 16.2. The van der Waals surface area contributed by atoms with E-state index in [1.54, 1.807) is 36.4 Å². The Hall–Kier alpha value is -3.23. The molecule has 0 radical (unpaired) electrons. The number of rotatable bonds is 7. The van der Waals surface area contributed by atoms with Crippen molar-refractivity contribution in [3.63, 3.8) is 0 Å². The molecule has 0 unspecified atom stereocenters. The summed E-state index contributed by atoms with van der Waals surface area (Å²) in [6.07, 6.45) is 3.23. The highest BCUT2D eigenvalue weighted by molar-refractivity contribution is 7.89. The molecule has 1 fully saturated rings. The molecule has 0 aliphatic heterocycles. The van der Waals surface area contributed by atoms with Gasteiger partial charge in [-0.15, -0.1) is 0 Å². The second kappa shape index (κ2) is 8.02. The lowest BCUT2D eigenvalue weighted by Crippen LogP contribution is -2.25. The number of pyridine rings is 1. The molecule has 1 amide bonds. The van der Waals surface area contributed by atoms with Crippen molar-refractivity contribution in [2.24, 2.45) is 0 Å². The van der Waals surface area contributed by atoms with Crippen LogP contribution in [0.3, 0.4) is 0 Å². The fourth-order valence-corrected chi connectivity index (χ4v) is 4.02. The van der Waals surface area contributed by atoms with Crippen molar-refractivity contribution in [2.75, 3.05) is 5.32 Å². The van der Waals surface area contributed by atoms with Crippen molar-refractivity contribution in [1.29, 1.82) is 0 Å². The summed E-state index contributed by atoms with van der Waals surface area (Å²) >= 11 is 0. The van der Waals surface area contributed by atoms with Crippen molar-refractivity contribution in [3.8, 4) is 11.6 Å². The van der Waals surface area contributed by atoms with Gasteiger partial charge in [0.25, 0.3) is 5.91 Å². The van der Waals surface area contributed by atoms with Crippen LogP contribution in [0.2, 0.25) is 0 Å². The van der Waals surface area contributed by atoms with E-state index in [1.165, 1.54) is 18.3 Å². The maximum absolute atomic E-state index is 12.8. The van der Waals surface area contributed by atoms with Crippen LogP contribution in [0, 0.1) is 0 Å². The Labute approximate surface area is 168 Å². The molecule has 7 nitrogen and oxygen atoms in total. The van der Waals surface area contributed by atoms with Gasteiger partial charge in [0.1, 0.15) is 11.3 Å². The van der Waals surface area contributed by atoms with E-state index < -0.39 is 15.9 Å². The van der Waals surface area contributed by atoms with Gasteiger partial charge in [-0.05, 0) is 55.3 Å². The van der Waals surface area contributed by atoms with E-state index in [0.29, 0.717) is 11.4 Å². The van der Waals surface area contributed by atoms with Crippen LogP contribution in [0.15, 0.2) is 77.8 Å². The largest absolute Gasteiger partial charge is 0.438 e. The van der Waals surface area contributed by atoms with Crippen molar-refractivity contribution in [1.82, 2.24) is 9.71 Å². The van der Waals surface area contributed by atoms with Gasteiger partial charge in [0, 0.05) is 17.9 Å². The average Bonchev–Trinajstić information content (AvgIpc) is 3.53. The van der Waals surface area contributed by atoms with Gasteiger partial charge in [-0.25, -0.2) is 18.1 Å². The molecule has 0 saturated heterocycles. The van der Waals surface area contributed by atoms with E-state index >= 15 is 0 Å². The van der Waals surface area contributed by atoms with Crippen LogP contribution >= 0.6 is 0 Å². The van der Waals surface area contributed by atoms with Crippen LogP contribution < -0.4 is 14.8 Å². The highest BCUT2D eigenvalue weighted by atomic mass is 32.2. The van der Waals surface area contributed by atoms with Gasteiger partial charge in [-0.1, -0.05) is 24.3 Å². The Balaban J connectivity index is 1.54. The van der Waals surface area contributed by atoms with Crippen LogP contribution in [0.25, 0.3) is 0 Å². The Morgan fingerprint density at radius 1 is 1.00 bits per heavy atom. The van der Waals surface area contributed by atoms with Gasteiger partial charge < -0.3 is 10.1 Å². The number of nitrogens with zero attached hydrogens (tertiary/aromatic N) is 1. The molecule has 1 aliphatic carbocycles. The second-order valence-electron chi connectivity index (χ2n) is 6.65. The maximum Gasteiger partial charge on any atom is 0.261 e. The molecule has 148 valence electrons. The van der Waals surface area contributed by atoms with Gasteiger partial charge in [0.15, 0.2) is 0 Å². The van der Waals surface area contributed by atoms with Crippen LogP contribution in [0.1, 0.15) is 23.2 Å². The quantitative estimate of drug-likeness (QED) is 0.622. The maximum atomic E-state index is 12.8. The Kier molecular flexibility index (Phi) is 5.28. The number of carbonyl (C=O) groups excluding carboxylic acids is 1. The minimum atomic E-state index is -3.61. The monoisotopic (exact) mass is 409 g/mol. The minimum Gasteiger partial charge on any atom is -0.438 e. The number of hydrogen-bond acceptors (Lipinski definition) is 5. The van der Waals surface area contributed by atoms with Crippen molar-refractivity contribution >= 4 is 21.6 Å². The van der Waals surface area contributed by atoms with E-state index in [4.69, 9.17) is 4.74 Å². The number of carbonyl (C=O) groups is 1. The second-order valence-corrected chi connectivity index (χ2v) is 8.36. The normalized spacial score (nSPS) is 13.7. The fourth-order valence-electron chi connectivity index (χ4n) is 2.67. The zero-order chi connectivity index (χ0) is 20.3. The van der Waals surface area contributed by atoms with E-state index in [1.807, 2.05) is 18.2 Å². The molecular weight excluding hydrogens is 390 g/mol. The first-order chi connectivity index (χ1) is 14.0. The van der Waals surface area contributed by atoms with Gasteiger partial charge in [-0.2, -0.15) is 0 Å². The molecule has 0 bridgehead atoms.